The van der Waals surface area contributed by atoms with Crippen LogP contribution in [0, 0.1) is 27.9 Å². The number of allylic oxidation sites excluding steroid dienone is 1. The fraction of sp³-hybridized carbons (Fsp3) is 0.381. The number of nitrogens with zero attached hydrogens (tertiary/aromatic N) is 1. The number of anilines is 1. The van der Waals surface area contributed by atoms with Crippen molar-refractivity contribution in [2.24, 2.45) is 5.92 Å². The van der Waals surface area contributed by atoms with Crippen molar-refractivity contribution in [1.82, 2.24) is 5.32 Å². The number of halogens is 3. The molecule has 11 heteroatoms. The molecule has 32 heavy (non-hydrogen) atoms. The normalized spacial score (nSPS) is 18.1. The lowest BCUT2D eigenvalue weighted by molar-refractivity contribution is -0.419. The fourth-order valence-electron chi connectivity index (χ4n) is 2.62. The van der Waals surface area contributed by atoms with Crippen molar-refractivity contribution in [3.05, 3.63) is 57.8 Å². The third kappa shape index (κ3) is 7.54. The summed E-state index contributed by atoms with van der Waals surface area (Å²) in [4.78, 5) is 22.1. The molecule has 0 heterocycles. The Balaban J connectivity index is 2.18. The van der Waals surface area contributed by atoms with Crippen molar-refractivity contribution in [3.8, 4) is 17.6 Å². The summed E-state index contributed by atoms with van der Waals surface area (Å²) in [5.74, 6) is 4.34. The minimum absolute atomic E-state index is 0.111. The number of rotatable bonds is 4. The molecule has 0 radical (unpaired) electrons. The van der Waals surface area contributed by atoms with Gasteiger partial charge in [-0.3, -0.25) is 10.1 Å². The summed E-state index contributed by atoms with van der Waals surface area (Å²) in [6.45, 7) is 4.97. The van der Waals surface area contributed by atoms with E-state index in [2.05, 4.69) is 17.2 Å². The van der Waals surface area contributed by atoms with Crippen molar-refractivity contribution in [2.75, 3.05) is 12.3 Å². The molecular weight excluding hydrogens is 431 g/mol. The van der Waals surface area contributed by atoms with Crippen LogP contribution in [-0.4, -0.2) is 29.3 Å². The Morgan fingerprint density at radius 2 is 1.97 bits per heavy atom. The molecule has 1 aromatic rings. The number of amides is 1. The average Bonchev–Trinajstić information content (AvgIpc) is 2.63. The number of nitrogen functional groups attached to an aromatic ring is 1. The number of alkyl carbamates (subject to hydrolysis) is 1. The van der Waals surface area contributed by atoms with E-state index in [1.54, 1.807) is 20.8 Å². The number of benzene rings is 1. The molecule has 2 unspecified atom stereocenters. The zero-order valence-corrected chi connectivity index (χ0v) is 17.5. The Labute approximate surface area is 182 Å². The number of carbonyl (C=O) groups excluding carboxylic acids is 1. The molecule has 3 N–H and O–H groups in total. The molecule has 172 valence electrons. The van der Waals surface area contributed by atoms with Crippen LogP contribution in [0.3, 0.4) is 0 Å². The van der Waals surface area contributed by atoms with Crippen LogP contribution in [-0.2, 0) is 10.9 Å². The Kier molecular flexibility index (Phi) is 7.40. The van der Waals surface area contributed by atoms with E-state index in [1.807, 2.05) is 0 Å². The molecule has 1 aliphatic rings. The smallest absolute Gasteiger partial charge is 0.416 e. The zero-order chi connectivity index (χ0) is 24.1. The fourth-order valence-corrected chi connectivity index (χ4v) is 2.62. The minimum Gasteiger partial charge on any atom is -0.485 e. The highest BCUT2D eigenvalue weighted by Gasteiger charge is 2.32. The van der Waals surface area contributed by atoms with Gasteiger partial charge in [0.2, 0.25) is 0 Å². The van der Waals surface area contributed by atoms with Gasteiger partial charge in [-0.25, -0.2) is 4.79 Å². The molecule has 0 fully saturated rings. The van der Waals surface area contributed by atoms with Crippen LogP contribution in [0.2, 0.25) is 0 Å². The van der Waals surface area contributed by atoms with Crippen LogP contribution in [0.15, 0.2) is 42.1 Å². The maximum absolute atomic E-state index is 13.0. The third-order valence-corrected chi connectivity index (χ3v) is 3.89. The molecule has 8 nitrogen and oxygen atoms in total. The SMILES string of the molecule is CC(C)(C)OC(=O)NCC#CC1C=C([N+](=O)[O-])C=CC1Oc1cc(N)cc(C(F)(F)F)c1. The van der Waals surface area contributed by atoms with E-state index >= 15 is 0 Å². The van der Waals surface area contributed by atoms with Crippen LogP contribution < -0.4 is 15.8 Å². The van der Waals surface area contributed by atoms with E-state index in [-0.39, 0.29) is 23.7 Å². The number of nitrogens with two attached hydrogens (primary N) is 1. The minimum atomic E-state index is -4.62. The van der Waals surface area contributed by atoms with Gasteiger partial charge in [0.1, 0.15) is 17.5 Å². The van der Waals surface area contributed by atoms with E-state index in [1.165, 1.54) is 24.3 Å². The Morgan fingerprint density at radius 3 is 2.56 bits per heavy atom. The van der Waals surface area contributed by atoms with Gasteiger partial charge in [-0.2, -0.15) is 13.2 Å². The first-order valence-corrected chi connectivity index (χ1v) is 9.39. The number of nitrogens with one attached hydrogen (secondary N) is 1. The Bertz CT molecular complexity index is 1000. The lowest BCUT2D eigenvalue weighted by atomic mass is 9.96. The molecule has 0 aliphatic heterocycles. The highest BCUT2D eigenvalue weighted by molar-refractivity contribution is 5.68. The van der Waals surface area contributed by atoms with E-state index in [4.69, 9.17) is 15.2 Å². The summed E-state index contributed by atoms with van der Waals surface area (Å²) >= 11 is 0. The molecule has 1 aliphatic carbocycles. The molecule has 1 amide bonds. The Morgan fingerprint density at radius 1 is 1.28 bits per heavy atom. The number of ether oxygens (including phenoxy) is 2. The second-order valence-electron chi connectivity index (χ2n) is 7.78. The number of hydrogen-bond donors (Lipinski definition) is 2. The van der Waals surface area contributed by atoms with Crippen molar-refractivity contribution in [1.29, 1.82) is 0 Å². The average molecular weight is 453 g/mol. The lowest BCUT2D eigenvalue weighted by Crippen LogP contribution is -2.32. The van der Waals surface area contributed by atoms with Gasteiger partial charge in [0.15, 0.2) is 0 Å². The molecule has 0 saturated carbocycles. The van der Waals surface area contributed by atoms with E-state index in [9.17, 15) is 28.1 Å². The van der Waals surface area contributed by atoms with Crippen LogP contribution in [0.5, 0.6) is 5.75 Å². The predicted molar refractivity (Wildman–Crippen MR) is 110 cm³/mol. The van der Waals surface area contributed by atoms with Gasteiger partial charge >= 0.3 is 12.3 Å². The van der Waals surface area contributed by atoms with Gasteiger partial charge in [-0.05, 0) is 39.0 Å². The summed E-state index contributed by atoms with van der Waals surface area (Å²) < 4.78 is 49.8. The van der Waals surface area contributed by atoms with E-state index < -0.39 is 40.4 Å². The maximum Gasteiger partial charge on any atom is 0.416 e. The van der Waals surface area contributed by atoms with Gasteiger partial charge in [-0.1, -0.05) is 11.8 Å². The van der Waals surface area contributed by atoms with Crippen LogP contribution in [0.1, 0.15) is 26.3 Å². The monoisotopic (exact) mass is 453 g/mol. The van der Waals surface area contributed by atoms with Crippen LogP contribution in [0.25, 0.3) is 0 Å². The molecule has 0 bridgehead atoms. The number of nitro groups is 1. The summed E-state index contributed by atoms with van der Waals surface area (Å²) in [7, 11) is 0. The van der Waals surface area contributed by atoms with Crippen LogP contribution in [0.4, 0.5) is 23.7 Å². The number of alkyl halides is 3. The number of carbonyl (C=O) groups is 1. The van der Waals surface area contributed by atoms with Gasteiger partial charge in [-0.15, -0.1) is 0 Å². The second kappa shape index (κ2) is 9.64. The third-order valence-electron chi connectivity index (χ3n) is 3.89. The second-order valence-corrected chi connectivity index (χ2v) is 7.78. The van der Waals surface area contributed by atoms with Crippen molar-refractivity contribution >= 4 is 11.8 Å². The zero-order valence-electron chi connectivity index (χ0n) is 17.5. The summed E-state index contributed by atoms with van der Waals surface area (Å²) in [6.07, 6.45) is -2.50. The van der Waals surface area contributed by atoms with Crippen LogP contribution >= 0.6 is 0 Å². The first-order chi connectivity index (χ1) is 14.7. The van der Waals surface area contributed by atoms with Crippen molar-refractivity contribution < 1.29 is 32.4 Å². The topological polar surface area (TPSA) is 117 Å². The van der Waals surface area contributed by atoms with E-state index in [0.29, 0.717) is 0 Å². The highest BCUT2D eigenvalue weighted by atomic mass is 19.4. The molecule has 1 aromatic carbocycles. The van der Waals surface area contributed by atoms with Gasteiger partial charge in [0.05, 0.1) is 22.9 Å². The maximum atomic E-state index is 13.0. The summed E-state index contributed by atoms with van der Waals surface area (Å²) in [5, 5.41) is 13.5. The standard InChI is InChI=1S/C21H22F3N3O5/c1-20(2,3)32-19(28)26-8-4-5-13-9-16(27(29)30)6-7-18(13)31-17-11-14(21(22,23)24)10-15(25)12-17/h6-7,9-13,18H,8,25H2,1-3H3,(H,26,28). The molecule has 0 saturated heterocycles. The highest BCUT2D eigenvalue weighted by Crippen LogP contribution is 2.34. The first-order valence-electron chi connectivity index (χ1n) is 9.39. The largest absolute Gasteiger partial charge is 0.485 e. The molecule has 2 atom stereocenters. The van der Waals surface area contributed by atoms with Gasteiger partial charge < -0.3 is 20.5 Å². The van der Waals surface area contributed by atoms with Gasteiger partial charge in [0.25, 0.3) is 5.70 Å². The van der Waals surface area contributed by atoms with Gasteiger partial charge in [0, 0.05) is 23.9 Å². The Hall–Kier alpha value is -3.68. The summed E-state index contributed by atoms with van der Waals surface area (Å²) in [5.41, 5.74) is 3.47. The first kappa shape index (κ1) is 24.6. The van der Waals surface area contributed by atoms with E-state index in [0.717, 1.165) is 12.1 Å². The quantitative estimate of drug-likeness (QED) is 0.309. The number of hydrogen-bond acceptors (Lipinski definition) is 6. The molecule has 0 spiro atoms. The lowest BCUT2D eigenvalue weighted by Gasteiger charge is -2.22. The summed E-state index contributed by atoms with van der Waals surface area (Å²) in [6, 6.07) is 2.77. The predicted octanol–water partition coefficient (Wildman–Crippen LogP) is 3.91. The molecular formula is C21H22F3N3O5. The molecule has 2 rings (SSSR count). The van der Waals surface area contributed by atoms with Crippen molar-refractivity contribution in [3.63, 3.8) is 0 Å². The molecule has 0 aromatic heterocycles. The van der Waals surface area contributed by atoms with Crippen molar-refractivity contribution in [2.45, 2.75) is 38.7 Å².